The van der Waals surface area contributed by atoms with E-state index in [0.717, 1.165) is 19.3 Å². The first-order chi connectivity index (χ1) is 13.2. The summed E-state index contributed by atoms with van der Waals surface area (Å²) in [5.41, 5.74) is 0. The second kappa shape index (κ2) is 11.7. The molecule has 4 atom stereocenters. The third-order valence-corrected chi connectivity index (χ3v) is 4.26. The van der Waals surface area contributed by atoms with Gasteiger partial charge < -0.3 is 39.4 Å². The van der Waals surface area contributed by atoms with E-state index in [-0.39, 0.29) is 0 Å². The van der Waals surface area contributed by atoms with Crippen molar-refractivity contribution < 1.29 is 58.6 Å². The Morgan fingerprint density at radius 2 is 0.893 bits per heavy atom. The molecule has 0 bridgehead atoms. The number of ether oxygens (including phenoxy) is 4. The van der Waals surface area contributed by atoms with Gasteiger partial charge in [0.1, 0.15) is 24.4 Å². The van der Waals surface area contributed by atoms with Crippen LogP contribution in [0.3, 0.4) is 0 Å². The van der Waals surface area contributed by atoms with E-state index >= 15 is 0 Å². The predicted molar refractivity (Wildman–Crippen MR) is 88.5 cm³/mol. The van der Waals surface area contributed by atoms with Crippen molar-refractivity contribution >= 4 is 24.6 Å². The second-order valence-corrected chi connectivity index (χ2v) is 6.31. The van der Waals surface area contributed by atoms with E-state index in [0.29, 0.717) is 32.1 Å². The van der Waals surface area contributed by atoms with Gasteiger partial charge in [-0.15, -0.1) is 0 Å². The summed E-state index contributed by atoms with van der Waals surface area (Å²) in [7, 11) is 0. The van der Waals surface area contributed by atoms with Crippen LogP contribution in [0.2, 0.25) is 0 Å². The molecule has 4 N–H and O–H groups in total. The van der Waals surface area contributed by atoms with Gasteiger partial charge in [0.05, 0.1) is 0 Å². The fourth-order valence-electron chi connectivity index (χ4n) is 3.19. The Morgan fingerprint density at radius 3 is 1.21 bits per heavy atom. The molecule has 2 saturated carbocycles. The minimum absolute atomic E-state index is 0.318. The van der Waals surface area contributed by atoms with Crippen molar-refractivity contribution in [2.45, 2.75) is 75.8 Å². The third kappa shape index (κ3) is 9.69. The number of hydrogen-bond donors (Lipinski definition) is 4. The fourth-order valence-corrected chi connectivity index (χ4v) is 3.19. The van der Waals surface area contributed by atoms with Gasteiger partial charge in [0.25, 0.3) is 0 Å². The van der Waals surface area contributed by atoms with Crippen molar-refractivity contribution in [3.63, 3.8) is 0 Å². The summed E-state index contributed by atoms with van der Waals surface area (Å²) in [6.45, 7) is 0. The average molecular weight is 408 g/mol. The zero-order valence-electron chi connectivity index (χ0n) is 15.0. The van der Waals surface area contributed by atoms with Crippen molar-refractivity contribution in [2.75, 3.05) is 0 Å². The molecule has 2 aliphatic carbocycles. The molecule has 2 aliphatic rings. The summed E-state index contributed by atoms with van der Waals surface area (Å²) in [4.78, 5) is 41.0. The Morgan fingerprint density at radius 1 is 0.536 bits per heavy atom. The minimum Gasteiger partial charge on any atom is -0.450 e. The Labute approximate surface area is 159 Å². The Kier molecular flexibility index (Phi) is 9.68. The lowest BCUT2D eigenvalue weighted by molar-refractivity contribution is -0.0576. The first-order valence-electron chi connectivity index (χ1n) is 8.75. The molecule has 0 heterocycles. The summed E-state index contributed by atoms with van der Waals surface area (Å²) in [5, 5.41) is 33.5. The Bertz CT molecular complexity index is 502. The van der Waals surface area contributed by atoms with E-state index in [1.807, 2.05) is 0 Å². The van der Waals surface area contributed by atoms with Crippen LogP contribution in [0.15, 0.2) is 0 Å². The fraction of sp³-hybridized carbons (Fsp3) is 0.750. The van der Waals surface area contributed by atoms with E-state index in [9.17, 15) is 19.2 Å². The van der Waals surface area contributed by atoms with Gasteiger partial charge in [0.2, 0.25) is 0 Å². The average Bonchev–Trinajstić information content (AvgIpc) is 2.55. The maximum Gasteiger partial charge on any atom is 0.506 e. The summed E-state index contributed by atoms with van der Waals surface area (Å²) in [6, 6.07) is 0. The van der Waals surface area contributed by atoms with E-state index in [1.165, 1.54) is 0 Å². The van der Waals surface area contributed by atoms with Crippen LogP contribution in [0.1, 0.15) is 51.4 Å². The van der Waals surface area contributed by atoms with Crippen LogP contribution in [0, 0.1) is 0 Å². The Hall–Kier alpha value is -2.92. The summed E-state index contributed by atoms with van der Waals surface area (Å²) < 4.78 is 18.2. The molecule has 4 unspecified atom stereocenters. The zero-order chi connectivity index (χ0) is 21.1. The molecule has 0 radical (unpaired) electrons. The van der Waals surface area contributed by atoms with Crippen LogP contribution in [0.5, 0.6) is 0 Å². The molecular weight excluding hydrogens is 384 g/mol. The van der Waals surface area contributed by atoms with Gasteiger partial charge in [-0.2, -0.15) is 0 Å². The summed E-state index contributed by atoms with van der Waals surface area (Å²) >= 11 is 0. The Balaban J connectivity index is 0.000000280. The molecule has 2 rings (SSSR count). The van der Waals surface area contributed by atoms with Crippen LogP contribution in [0.4, 0.5) is 19.2 Å². The SMILES string of the molecule is O=C(O)OC1CCCC(OC(=O)O)C1.O=C(O)OC1CCCCC1OC(=O)O. The molecule has 160 valence electrons. The number of rotatable bonds is 4. The molecule has 0 aliphatic heterocycles. The van der Waals surface area contributed by atoms with Crippen molar-refractivity contribution in [2.24, 2.45) is 0 Å². The molecular formula is C16H24O12. The van der Waals surface area contributed by atoms with Gasteiger partial charge in [0, 0.05) is 6.42 Å². The highest BCUT2D eigenvalue weighted by atomic mass is 16.7. The molecule has 12 heteroatoms. The summed E-state index contributed by atoms with van der Waals surface area (Å²) in [5.74, 6) is 0. The molecule has 0 aromatic carbocycles. The predicted octanol–water partition coefficient (Wildman–Crippen LogP) is 3.37. The van der Waals surface area contributed by atoms with Gasteiger partial charge in [-0.05, 0) is 44.9 Å². The van der Waals surface area contributed by atoms with Gasteiger partial charge in [0.15, 0.2) is 0 Å². The van der Waals surface area contributed by atoms with E-state index in [4.69, 9.17) is 20.4 Å². The van der Waals surface area contributed by atoms with Crippen LogP contribution < -0.4 is 0 Å². The lowest BCUT2D eigenvalue weighted by Crippen LogP contribution is -2.37. The first kappa shape index (κ1) is 23.1. The smallest absolute Gasteiger partial charge is 0.450 e. The number of hydrogen-bond acceptors (Lipinski definition) is 8. The second-order valence-electron chi connectivity index (χ2n) is 6.31. The largest absolute Gasteiger partial charge is 0.506 e. The maximum absolute atomic E-state index is 10.3. The topological polar surface area (TPSA) is 186 Å². The highest BCUT2D eigenvalue weighted by Gasteiger charge is 2.31. The van der Waals surface area contributed by atoms with Crippen LogP contribution >= 0.6 is 0 Å². The molecule has 0 amide bonds. The summed E-state index contributed by atoms with van der Waals surface area (Å²) in [6.07, 6.45) is -2.63. The van der Waals surface area contributed by atoms with Gasteiger partial charge in [-0.1, -0.05) is 0 Å². The molecule has 2 fully saturated rings. The maximum atomic E-state index is 10.3. The van der Waals surface area contributed by atoms with E-state index in [1.54, 1.807) is 0 Å². The normalized spacial score (nSPS) is 26.6. The zero-order valence-corrected chi connectivity index (χ0v) is 15.0. The van der Waals surface area contributed by atoms with Crippen molar-refractivity contribution in [1.29, 1.82) is 0 Å². The monoisotopic (exact) mass is 408 g/mol. The van der Waals surface area contributed by atoms with Crippen molar-refractivity contribution in [3.05, 3.63) is 0 Å². The van der Waals surface area contributed by atoms with E-state index in [2.05, 4.69) is 18.9 Å². The van der Waals surface area contributed by atoms with Crippen LogP contribution in [-0.4, -0.2) is 69.5 Å². The minimum atomic E-state index is -1.39. The lowest BCUT2D eigenvalue weighted by Gasteiger charge is -2.28. The van der Waals surface area contributed by atoms with E-state index < -0.39 is 49.0 Å². The van der Waals surface area contributed by atoms with Gasteiger partial charge >= 0.3 is 24.6 Å². The first-order valence-corrected chi connectivity index (χ1v) is 8.75. The van der Waals surface area contributed by atoms with Crippen LogP contribution in [-0.2, 0) is 18.9 Å². The third-order valence-electron chi connectivity index (χ3n) is 4.26. The van der Waals surface area contributed by atoms with Crippen molar-refractivity contribution in [3.8, 4) is 0 Å². The van der Waals surface area contributed by atoms with Gasteiger partial charge in [-0.25, -0.2) is 19.2 Å². The molecule has 12 nitrogen and oxygen atoms in total. The number of carboxylic acid groups (broad SMARTS) is 4. The van der Waals surface area contributed by atoms with Crippen LogP contribution in [0.25, 0.3) is 0 Å². The highest BCUT2D eigenvalue weighted by Crippen LogP contribution is 2.24. The molecule has 28 heavy (non-hydrogen) atoms. The lowest BCUT2D eigenvalue weighted by atomic mass is 9.95. The van der Waals surface area contributed by atoms with Gasteiger partial charge in [-0.3, -0.25) is 0 Å². The number of carbonyl (C=O) groups is 4. The molecule has 0 aromatic rings. The highest BCUT2D eigenvalue weighted by molar-refractivity contribution is 5.58. The molecule has 0 saturated heterocycles. The molecule has 0 aromatic heterocycles. The standard InChI is InChI=1S/2C8H12O6/c9-7(10)13-5-2-1-3-6(4-5)14-8(11)12;9-7(10)13-5-3-1-2-4-6(5)14-8(11)12/h2*5-6H,1-4H2,(H,9,10)(H,11,12). The van der Waals surface area contributed by atoms with Crippen molar-refractivity contribution in [1.82, 2.24) is 0 Å². The quantitative estimate of drug-likeness (QED) is 0.393. The molecule has 0 spiro atoms.